The first kappa shape index (κ1) is 13.6. The van der Waals surface area contributed by atoms with Gasteiger partial charge in [0, 0.05) is 6.07 Å². The molecular weight excluding hydrogens is 293 g/mol. The molecule has 0 spiro atoms. The maximum absolute atomic E-state index is 13.2. The quantitative estimate of drug-likeness (QED) is 0.857. The van der Waals surface area contributed by atoms with Crippen LogP contribution in [0.3, 0.4) is 0 Å². The second-order valence-electron chi connectivity index (χ2n) is 3.70. The first-order valence-corrected chi connectivity index (χ1v) is 7.02. The molecule has 0 heterocycles. The highest BCUT2D eigenvalue weighted by atomic mass is 35.5. The highest BCUT2D eigenvalue weighted by Gasteiger charge is 2.17. The first-order valence-electron chi connectivity index (χ1n) is 5.16. The maximum Gasteiger partial charge on any atom is 0.262 e. The number of halogens is 2. The molecule has 2 aromatic carbocycles. The van der Waals surface area contributed by atoms with Crippen molar-refractivity contribution >= 4 is 27.3 Å². The molecule has 0 aliphatic rings. The molecule has 0 bridgehead atoms. The molecule has 0 amide bonds. The molecule has 0 aliphatic carbocycles. The zero-order valence-electron chi connectivity index (χ0n) is 9.47. The fourth-order valence-electron chi connectivity index (χ4n) is 1.45. The van der Waals surface area contributed by atoms with E-state index in [0.717, 1.165) is 12.1 Å². The third kappa shape index (κ3) is 2.97. The molecule has 4 nitrogen and oxygen atoms in total. The van der Waals surface area contributed by atoms with E-state index in [-0.39, 0.29) is 15.6 Å². The van der Waals surface area contributed by atoms with E-state index in [2.05, 4.69) is 4.72 Å². The molecule has 0 saturated heterocycles. The summed E-state index contributed by atoms with van der Waals surface area (Å²) in [6, 6.07) is 9.25. The number of phenolic OH excluding ortho intramolecular Hbond substituents is 1. The van der Waals surface area contributed by atoms with Crippen LogP contribution in [0.2, 0.25) is 5.02 Å². The Bertz CT molecular complexity index is 704. The van der Waals surface area contributed by atoms with Crippen LogP contribution < -0.4 is 4.72 Å². The van der Waals surface area contributed by atoms with E-state index in [0.29, 0.717) is 0 Å². The lowest BCUT2D eigenvalue weighted by atomic mass is 10.3. The number of nitrogens with one attached hydrogen (secondary N) is 1. The Labute approximate surface area is 114 Å². The average Bonchev–Trinajstić information content (AvgIpc) is 2.36. The van der Waals surface area contributed by atoms with Crippen molar-refractivity contribution in [2.75, 3.05) is 4.72 Å². The molecular formula is C12H9ClFNO3S. The highest BCUT2D eigenvalue weighted by Crippen LogP contribution is 2.34. The molecule has 7 heteroatoms. The minimum atomic E-state index is -3.90. The molecule has 0 fully saturated rings. The van der Waals surface area contributed by atoms with E-state index in [1.807, 2.05) is 0 Å². The third-order valence-electron chi connectivity index (χ3n) is 2.33. The summed E-state index contributed by atoms with van der Waals surface area (Å²) in [6.07, 6.45) is 0. The van der Waals surface area contributed by atoms with Crippen molar-refractivity contribution in [1.82, 2.24) is 0 Å². The van der Waals surface area contributed by atoms with Gasteiger partial charge >= 0.3 is 0 Å². The summed E-state index contributed by atoms with van der Waals surface area (Å²) in [7, 11) is -3.90. The van der Waals surface area contributed by atoms with Gasteiger partial charge in [-0.05, 0) is 18.2 Å². The number of hydrogen-bond acceptors (Lipinski definition) is 3. The van der Waals surface area contributed by atoms with Crippen LogP contribution in [0.1, 0.15) is 0 Å². The molecule has 0 atom stereocenters. The van der Waals surface area contributed by atoms with Crippen LogP contribution in [0.4, 0.5) is 10.1 Å². The lowest BCUT2D eigenvalue weighted by Crippen LogP contribution is -2.13. The Hall–Kier alpha value is -1.79. The van der Waals surface area contributed by atoms with E-state index in [4.69, 9.17) is 11.6 Å². The number of anilines is 1. The van der Waals surface area contributed by atoms with Gasteiger partial charge in [-0.1, -0.05) is 29.8 Å². The van der Waals surface area contributed by atoms with Crippen LogP contribution >= 0.6 is 11.6 Å². The Kier molecular flexibility index (Phi) is 3.64. The largest absolute Gasteiger partial charge is 0.504 e. The highest BCUT2D eigenvalue weighted by molar-refractivity contribution is 7.92. The van der Waals surface area contributed by atoms with Crippen molar-refractivity contribution in [3.63, 3.8) is 0 Å². The number of sulfonamides is 1. The fourth-order valence-corrected chi connectivity index (χ4v) is 2.73. The van der Waals surface area contributed by atoms with Crippen LogP contribution in [0, 0.1) is 5.82 Å². The van der Waals surface area contributed by atoms with E-state index < -0.39 is 21.6 Å². The van der Waals surface area contributed by atoms with Crippen LogP contribution in [-0.2, 0) is 10.0 Å². The lowest BCUT2D eigenvalue weighted by molar-refractivity contribution is 0.476. The Morgan fingerprint density at radius 3 is 2.42 bits per heavy atom. The lowest BCUT2D eigenvalue weighted by Gasteiger charge is -2.10. The van der Waals surface area contributed by atoms with Crippen molar-refractivity contribution in [3.05, 3.63) is 53.3 Å². The normalized spacial score (nSPS) is 11.3. The van der Waals surface area contributed by atoms with E-state index in [9.17, 15) is 17.9 Å². The van der Waals surface area contributed by atoms with Crippen molar-refractivity contribution in [2.24, 2.45) is 0 Å². The minimum absolute atomic E-state index is 0.00483. The standard InChI is InChI=1S/C12H9ClFNO3S/c13-10-6-8(14)7-11(12(10)16)15-19(17,18)9-4-2-1-3-5-9/h1-7,15-16H. The summed E-state index contributed by atoms with van der Waals surface area (Å²) in [6.45, 7) is 0. The van der Waals surface area contributed by atoms with Gasteiger partial charge in [0.1, 0.15) is 5.82 Å². The molecule has 2 aromatic rings. The van der Waals surface area contributed by atoms with Crippen LogP contribution in [0.15, 0.2) is 47.4 Å². The molecule has 0 radical (unpaired) electrons. The Morgan fingerprint density at radius 1 is 1.16 bits per heavy atom. The van der Waals surface area contributed by atoms with Gasteiger partial charge in [-0.15, -0.1) is 0 Å². The number of hydrogen-bond donors (Lipinski definition) is 2. The molecule has 0 saturated carbocycles. The zero-order valence-corrected chi connectivity index (χ0v) is 11.0. The van der Waals surface area contributed by atoms with Gasteiger partial charge in [-0.2, -0.15) is 0 Å². The van der Waals surface area contributed by atoms with E-state index >= 15 is 0 Å². The predicted molar refractivity (Wildman–Crippen MR) is 70.3 cm³/mol. The van der Waals surface area contributed by atoms with Crippen molar-refractivity contribution in [3.8, 4) is 5.75 Å². The number of rotatable bonds is 3. The average molecular weight is 302 g/mol. The van der Waals surface area contributed by atoms with Gasteiger partial charge in [-0.3, -0.25) is 4.72 Å². The monoisotopic (exact) mass is 301 g/mol. The number of phenols is 1. The van der Waals surface area contributed by atoms with Gasteiger partial charge in [0.05, 0.1) is 15.6 Å². The predicted octanol–water partition coefficient (Wildman–Crippen LogP) is 2.99. The summed E-state index contributed by atoms with van der Waals surface area (Å²) < 4.78 is 39.2. The summed E-state index contributed by atoms with van der Waals surface area (Å²) >= 11 is 5.57. The molecule has 0 aliphatic heterocycles. The minimum Gasteiger partial charge on any atom is -0.504 e. The van der Waals surface area contributed by atoms with E-state index in [1.54, 1.807) is 18.2 Å². The molecule has 0 unspecified atom stereocenters. The maximum atomic E-state index is 13.2. The fraction of sp³-hybridized carbons (Fsp3) is 0. The topological polar surface area (TPSA) is 66.4 Å². The van der Waals surface area contributed by atoms with E-state index in [1.165, 1.54) is 12.1 Å². The number of aromatic hydroxyl groups is 1. The summed E-state index contributed by atoms with van der Waals surface area (Å²) in [5, 5.41) is 9.33. The summed E-state index contributed by atoms with van der Waals surface area (Å²) in [5.41, 5.74) is -0.311. The van der Waals surface area contributed by atoms with Crippen LogP contribution in [0.25, 0.3) is 0 Å². The van der Waals surface area contributed by atoms with Crippen molar-refractivity contribution < 1.29 is 17.9 Å². The van der Waals surface area contributed by atoms with Gasteiger partial charge < -0.3 is 5.11 Å². The molecule has 2 N–H and O–H groups in total. The first-order chi connectivity index (χ1) is 8.90. The molecule has 0 aromatic heterocycles. The zero-order chi connectivity index (χ0) is 14.0. The van der Waals surface area contributed by atoms with Crippen molar-refractivity contribution in [1.29, 1.82) is 0 Å². The Morgan fingerprint density at radius 2 is 1.79 bits per heavy atom. The summed E-state index contributed by atoms with van der Waals surface area (Å²) in [4.78, 5) is -0.00483. The second-order valence-corrected chi connectivity index (χ2v) is 5.79. The molecule has 100 valence electrons. The van der Waals surface area contributed by atoms with Gasteiger partial charge in [0.2, 0.25) is 0 Å². The van der Waals surface area contributed by atoms with Crippen molar-refractivity contribution in [2.45, 2.75) is 4.90 Å². The smallest absolute Gasteiger partial charge is 0.262 e. The second kappa shape index (κ2) is 5.07. The van der Waals surface area contributed by atoms with Crippen LogP contribution in [-0.4, -0.2) is 13.5 Å². The molecule has 2 rings (SSSR count). The summed E-state index contributed by atoms with van der Waals surface area (Å²) in [5.74, 6) is -1.28. The number of benzene rings is 2. The van der Waals surface area contributed by atoms with Gasteiger partial charge in [0.15, 0.2) is 5.75 Å². The van der Waals surface area contributed by atoms with Gasteiger partial charge in [0.25, 0.3) is 10.0 Å². The SMILES string of the molecule is O=S(=O)(Nc1cc(F)cc(Cl)c1O)c1ccccc1. The van der Waals surface area contributed by atoms with Crippen LogP contribution in [0.5, 0.6) is 5.75 Å². The molecule has 19 heavy (non-hydrogen) atoms. The Balaban J connectivity index is 2.42. The van der Waals surface area contributed by atoms with Gasteiger partial charge in [-0.25, -0.2) is 12.8 Å². The third-order valence-corrected chi connectivity index (χ3v) is 4.00.